The van der Waals surface area contributed by atoms with Crippen molar-refractivity contribution in [3.63, 3.8) is 0 Å². The molecule has 2 amide bonds. The number of aliphatic hydroxyl groups excluding tert-OH is 1. The van der Waals surface area contributed by atoms with E-state index in [4.69, 9.17) is 4.74 Å². The molecular weight excluding hydrogens is 344 g/mol. The Kier molecular flexibility index (Phi) is 6.08. The minimum absolute atomic E-state index is 0.0367. The van der Waals surface area contributed by atoms with Crippen LogP contribution in [0, 0.1) is 0 Å². The molecule has 0 saturated carbocycles. The standard InChI is InChI=1S/C21H24N2O4/c1-27-19-9-7-16(8-10-19)21(26)23(17-5-3-2-4-6-17)15-20(25)22-13-11-18(24)12-14-22/h2-10,18,24H,11-15H2,1H3. The summed E-state index contributed by atoms with van der Waals surface area (Å²) in [5.74, 6) is 0.308. The van der Waals surface area contributed by atoms with Crippen molar-refractivity contribution in [3.8, 4) is 5.75 Å². The fraction of sp³-hybridized carbons (Fsp3) is 0.333. The summed E-state index contributed by atoms with van der Waals surface area (Å²) in [6, 6.07) is 16.0. The van der Waals surface area contributed by atoms with Gasteiger partial charge >= 0.3 is 0 Å². The number of anilines is 1. The predicted molar refractivity (Wildman–Crippen MR) is 103 cm³/mol. The number of nitrogens with zero attached hydrogens (tertiary/aromatic N) is 2. The molecule has 142 valence electrons. The molecule has 1 fully saturated rings. The molecule has 0 aromatic heterocycles. The van der Waals surface area contributed by atoms with E-state index >= 15 is 0 Å². The maximum absolute atomic E-state index is 13.1. The van der Waals surface area contributed by atoms with Crippen LogP contribution in [0.4, 0.5) is 5.69 Å². The lowest BCUT2D eigenvalue weighted by atomic mass is 10.1. The van der Waals surface area contributed by atoms with E-state index in [1.54, 1.807) is 36.3 Å². The smallest absolute Gasteiger partial charge is 0.258 e. The lowest BCUT2D eigenvalue weighted by Crippen LogP contribution is -2.46. The molecule has 1 aliphatic heterocycles. The fourth-order valence-corrected chi connectivity index (χ4v) is 3.13. The molecule has 0 unspecified atom stereocenters. The minimum Gasteiger partial charge on any atom is -0.497 e. The van der Waals surface area contributed by atoms with Crippen LogP contribution in [0.2, 0.25) is 0 Å². The molecule has 1 saturated heterocycles. The van der Waals surface area contributed by atoms with Gasteiger partial charge in [-0.05, 0) is 49.2 Å². The Balaban J connectivity index is 1.80. The molecule has 1 aliphatic rings. The third kappa shape index (κ3) is 4.65. The number of aliphatic hydroxyl groups is 1. The number of hydrogen-bond acceptors (Lipinski definition) is 4. The number of piperidine rings is 1. The van der Waals surface area contributed by atoms with Crippen molar-refractivity contribution in [2.24, 2.45) is 0 Å². The third-order valence-corrected chi connectivity index (χ3v) is 4.76. The van der Waals surface area contributed by atoms with Gasteiger partial charge in [0.05, 0.1) is 13.2 Å². The summed E-state index contributed by atoms with van der Waals surface area (Å²) >= 11 is 0. The summed E-state index contributed by atoms with van der Waals surface area (Å²) in [7, 11) is 1.57. The van der Waals surface area contributed by atoms with E-state index in [0.717, 1.165) is 0 Å². The Morgan fingerprint density at radius 2 is 1.70 bits per heavy atom. The van der Waals surface area contributed by atoms with E-state index in [0.29, 0.717) is 42.9 Å². The summed E-state index contributed by atoms with van der Waals surface area (Å²) in [6.07, 6.45) is 0.799. The average molecular weight is 368 g/mol. The quantitative estimate of drug-likeness (QED) is 0.879. The van der Waals surface area contributed by atoms with Crippen molar-refractivity contribution >= 4 is 17.5 Å². The second kappa shape index (κ2) is 8.68. The number of para-hydroxylation sites is 1. The van der Waals surface area contributed by atoms with Crippen LogP contribution in [-0.4, -0.2) is 54.7 Å². The van der Waals surface area contributed by atoms with Gasteiger partial charge in [-0.3, -0.25) is 14.5 Å². The van der Waals surface area contributed by atoms with E-state index in [9.17, 15) is 14.7 Å². The third-order valence-electron chi connectivity index (χ3n) is 4.76. The van der Waals surface area contributed by atoms with Gasteiger partial charge in [-0.25, -0.2) is 0 Å². The van der Waals surface area contributed by atoms with Crippen molar-refractivity contribution in [2.45, 2.75) is 18.9 Å². The van der Waals surface area contributed by atoms with Crippen molar-refractivity contribution in [3.05, 3.63) is 60.2 Å². The van der Waals surface area contributed by atoms with Crippen LogP contribution in [0.3, 0.4) is 0 Å². The fourth-order valence-electron chi connectivity index (χ4n) is 3.13. The zero-order chi connectivity index (χ0) is 19.2. The second-order valence-corrected chi connectivity index (χ2v) is 6.57. The van der Waals surface area contributed by atoms with Crippen LogP contribution in [0.15, 0.2) is 54.6 Å². The first-order valence-electron chi connectivity index (χ1n) is 9.05. The Labute approximate surface area is 159 Å². The van der Waals surface area contributed by atoms with Gasteiger partial charge in [0.1, 0.15) is 12.3 Å². The number of hydrogen-bond donors (Lipinski definition) is 1. The highest BCUT2D eigenvalue weighted by Gasteiger charge is 2.26. The van der Waals surface area contributed by atoms with Gasteiger partial charge in [0.15, 0.2) is 0 Å². The molecule has 2 aromatic carbocycles. The van der Waals surface area contributed by atoms with Gasteiger partial charge in [0, 0.05) is 24.3 Å². The maximum Gasteiger partial charge on any atom is 0.258 e. The minimum atomic E-state index is -0.347. The van der Waals surface area contributed by atoms with Crippen molar-refractivity contribution in [1.82, 2.24) is 4.90 Å². The number of amides is 2. The number of likely N-dealkylation sites (tertiary alicyclic amines) is 1. The highest BCUT2D eigenvalue weighted by Crippen LogP contribution is 2.20. The second-order valence-electron chi connectivity index (χ2n) is 6.57. The first-order chi connectivity index (χ1) is 13.1. The predicted octanol–water partition coefficient (Wildman–Crippen LogP) is 2.33. The van der Waals surface area contributed by atoms with Crippen LogP contribution in [0.1, 0.15) is 23.2 Å². The molecule has 6 nitrogen and oxygen atoms in total. The van der Waals surface area contributed by atoms with Gasteiger partial charge in [-0.2, -0.15) is 0 Å². The van der Waals surface area contributed by atoms with Gasteiger partial charge in [0.2, 0.25) is 5.91 Å². The SMILES string of the molecule is COc1ccc(C(=O)N(CC(=O)N2CCC(O)CC2)c2ccccc2)cc1. The molecule has 0 aliphatic carbocycles. The van der Waals surface area contributed by atoms with Crippen LogP contribution in [-0.2, 0) is 4.79 Å². The van der Waals surface area contributed by atoms with E-state index < -0.39 is 0 Å². The largest absolute Gasteiger partial charge is 0.497 e. The van der Waals surface area contributed by atoms with Crippen LogP contribution in [0.5, 0.6) is 5.75 Å². The molecule has 6 heteroatoms. The van der Waals surface area contributed by atoms with Crippen molar-refractivity contribution in [2.75, 3.05) is 31.6 Å². The first kappa shape index (κ1) is 18.9. The van der Waals surface area contributed by atoms with Gasteiger partial charge < -0.3 is 14.7 Å². The molecule has 3 rings (SSSR count). The lowest BCUT2D eigenvalue weighted by Gasteiger charge is -2.32. The molecule has 1 N–H and O–H groups in total. The van der Waals surface area contributed by atoms with Crippen LogP contribution in [0.25, 0.3) is 0 Å². The van der Waals surface area contributed by atoms with Crippen LogP contribution >= 0.6 is 0 Å². The Hall–Kier alpha value is -2.86. The van der Waals surface area contributed by atoms with E-state index in [1.165, 1.54) is 4.90 Å². The van der Waals surface area contributed by atoms with Gasteiger partial charge in [-0.1, -0.05) is 18.2 Å². The average Bonchev–Trinajstić information content (AvgIpc) is 2.72. The molecule has 0 bridgehead atoms. The van der Waals surface area contributed by atoms with Crippen molar-refractivity contribution < 1.29 is 19.4 Å². The van der Waals surface area contributed by atoms with E-state index in [2.05, 4.69) is 0 Å². The summed E-state index contributed by atoms with van der Waals surface area (Å²) in [6.45, 7) is 0.990. The van der Waals surface area contributed by atoms with E-state index in [1.807, 2.05) is 30.3 Å². The zero-order valence-electron chi connectivity index (χ0n) is 15.4. The Morgan fingerprint density at radius 3 is 2.30 bits per heavy atom. The number of ether oxygens (including phenoxy) is 1. The molecule has 0 atom stereocenters. The number of rotatable bonds is 5. The zero-order valence-corrected chi connectivity index (χ0v) is 15.4. The molecular formula is C21H24N2O4. The van der Waals surface area contributed by atoms with E-state index in [-0.39, 0.29) is 24.5 Å². The normalized spacial score (nSPS) is 14.7. The van der Waals surface area contributed by atoms with Gasteiger partial charge in [-0.15, -0.1) is 0 Å². The highest BCUT2D eigenvalue weighted by molar-refractivity contribution is 6.08. The summed E-state index contributed by atoms with van der Waals surface area (Å²) in [5.41, 5.74) is 1.16. The maximum atomic E-state index is 13.1. The summed E-state index contributed by atoms with van der Waals surface area (Å²) in [4.78, 5) is 29.1. The summed E-state index contributed by atoms with van der Waals surface area (Å²) in [5, 5.41) is 9.64. The number of carbonyl (C=O) groups is 2. The Morgan fingerprint density at radius 1 is 1.07 bits per heavy atom. The lowest BCUT2D eigenvalue weighted by molar-refractivity contribution is -0.131. The molecule has 0 radical (unpaired) electrons. The molecule has 27 heavy (non-hydrogen) atoms. The molecule has 1 heterocycles. The molecule has 0 spiro atoms. The highest BCUT2D eigenvalue weighted by atomic mass is 16.5. The number of benzene rings is 2. The van der Waals surface area contributed by atoms with Crippen LogP contribution < -0.4 is 9.64 Å². The monoisotopic (exact) mass is 368 g/mol. The first-order valence-corrected chi connectivity index (χ1v) is 9.05. The topological polar surface area (TPSA) is 70.1 Å². The summed E-state index contributed by atoms with van der Waals surface area (Å²) < 4.78 is 5.14. The van der Waals surface area contributed by atoms with Gasteiger partial charge in [0.25, 0.3) is 5.91 Å². The number of carbonyl (C=O) groups excluding carboxylic acids is 2. The molecule has 2 aromatic rings. The number of methoxy groups -OCH3 is 1. The van der Waals surface area contributed by atoms with Crippen molar-refractivity contribution in [1.29, 1.82) is 0 Å². The Bertz CT molecular complexity index is 769.